The molecule has 0 saturated carbocycles. The lowest BCUT2D eigenvalue weighted by Gasteiger charge is -1.83. The van der Waals surface area contributed by atoms with Crippen molar-refractivity contribution in [2.45, 2.75) is 47.5 Å². The summed E-state index contributed by atoms with van der Waals surface area (Å²) < 4.78 is 0. The lowest BCUT2D eigenvalue weighted by atomic mass is 10.2. The lowest BCUT2D eigenvalue weighted by Crippen LogP contribution is -1.62. The summed E-state index contributed by atoms with van der Waals surface area (Å²) >= 11 is 0. The van der Waals surface area contributed by atoms with Crippen molar-refractivity contribution in [1.82, 2.24) is 0 Å². The molecule has 1 heteroatoms. The van der Waals surface area contributed by atoms with Gasteiger partial charge in [-0.2, -0.15) is 0 Å². The fraction of sp³-hybridized carbons (Fsp3) is 0.636. The number of allylic oxidation sites excluding steroid dienone is 2. The van der Waals surface area contributed by atoms with Crippen molar-refractivity contribution in [2.24, 2.45) is 0 Å². The monoisotopic (exact) mass is 176 g/mol. The normalized spacial score (nSPS) is 5.75. The third kappa shape index (κ3) is 57.2. The van der Waals surface area contributed by atoms with E-state index in [1.165, 1.54) is 6.42 Å². The molecule has 0 aliphatic carbocycles. The van der Waals surface area contributed by atoms with Crippen LogP contribution in [0.1, 0.15) is 47.5 Å². The molecule has 76 valence electrons. The van der Waals surface area contributed by atoms with Gasteiger partial charge in [0.1, 0.15) is 0 Å². The first kappa shape index (κ1) is 22.5. The summed E-state index contributed by atoms with van der Waals surface area (Å²) in [6.45, 7) is 17.5. The van der Waals surface area contributed by atoms with E-state index in [2.05, 4.69) is 33.9 Å². The molecule has 0 aliphatic rings. The molecule has 0 bridgehead atoms. The summed E-state index contributed by atoms with van der Waals surface area (Å²) in [6, 6.07) is 0. The largest absolute Gasteiger partial charge is 0.269 e. The summed E-state index contributed by atoms with van der Waals surface area (Å²) in [5.74, 6) is 0. The lowest BCUT2D eigenvalue weighted by molar-refractivity contribution is 1.09. The van der Waals surface area contributed by atoms with Crippen LogP contribution in [0.5, 0.6) is 0 Å². The molecule has 0 amide bonds. The van der Waals surface area contributed by atoms with Crippen LogP contribution in [0.15, 0.2) is 24.8 Å². The first-order valence-corrected chi connectivity index (χ1v) is 4.53. The first-order valence-electron chi connectivity index (χ1n) is 4.53. The van der Waals surface area contributed by atoms with Gasteiger partial charge in [-0.3, -0.25) is 4.70 Å². The second-order valence-corrected chi connectivity index (χ2v) is 1.92. The van der Waals surface area contributed by atoms with E-state index in [0.717, 1.165) is 12.0 Å². The average molecular weight is 176 g/mol. The van der Waals surface area contributed by atoms with E-state index in [9.17, 15) is 0 Å². The maximum atomic E-state index is 3.67. The summed E-state index contributed by atoms with van der Waals surface area (Å²) in [5, 5.41) is 0. The van der Waals surface area contributed by atoms with Crippen LogP contribution in [0.3, 0.4) is 0 Å². The van der Waals surface area contributed by atoms with Crippen LogP contribution >= 0.6 is 0 Å². The van der Waals surface area contributed by atoms with Crippen molar-refractivity contribution in [3.63, 3.8) is 0 Å². The van der Waals surface area contributed by atoms with Gasteiger partial charge in [0.2, 0.25) is 0 Å². The molecule has 0 spiro atoms. The topological polar surface area (TPSA) is 0 Å². The fourth-order valence-electron chi connectivity index (χ4n) is 0.144. The van der Waals surface area contributed by atoms with Gasteiger partial charge in [-0.15, -0.1) is 0 Å². The van der Waals surface area contributed by atoms with Gasteiger partial charge in [0.05, 0.1) is 0 Å². The zero-order valence-electron chi connectivity index (χ0n) is 9.31. The highest BCUT2D eigenvalue weighted by molar-refractivity contribution is 5.09. The molecule has 0 rings (SSSR count). The van der Waals surface area contributed by atoms with E-state index in [1.54, 1.807) is 6.08 Å². The molecule has 0 fully saturated rings. The molecule has 0 atom stereocenters. The van der Waals surface area contributed by atoms with Crippen LogP contribution in [-0.4, -0.2) is 0 Å². The van der Waals surface area contributed by atoms with Crippen LogP contribution in [0.25, 0.3) is 0 Å². The van der Waals surface area contributed by atoms with Crippen molar-refractivity contribution in [3.05, 3.63) is 24.8 Å². The summed E-state index contributed by atoms with van der Waals surface area (Å²) in [7, 11) is 0. The Labute approximate surface area is 77.7 Å². The summed E-state index contributed by atoms with van der Waals surface area (Å²) in [6.07, 6.45) is 4.05. The van der Waals surface area contributed by atoms with Crippen molar-refractivity contribution in [3.8, 4) is 0 Å². The predicted octanol–water partition coefficient (Wildman–Crippen LogP) is 4.73. The summed E-state index contributed by atoms with van der Waals surface area (Å²) in [5.41, 5.74) is 1.11. The SMILES string of the molecule is C=CC(=C)CC.CC.CCC.F. The van der Waals surface area contributed by atoms with Gasteiger partial charge in [-0.25, -0.2) is 0 Å². The molecule has 0 aromatic rings. The van der Waals surface area contributed by atoms with E-state index >= 15 is 0 Å². The standard InChI is InChI=1S/C6H10.C3H8.C2H6.FH/c1-4-6(3)5-2;1-3-2;1-2;/h4H,1,3,5H2,2H3;3H2,1-2H3;1-2H3;1H. The highest BCUT2D eigenvalue weighted by atomic mass is 19.0. The van der Waals surface area contributed by atoms with Crippen molar-refractivity contribution < 1.29 is 4.70 Å². The first-order chi connectivity index (χ1) is 5.22. The number of hydrogen-bond donors (Lipinski definition) is 0. The second kappa shape index (κ2) is 31.5. The Morgan fingerprint density at radius 2 is 1.42 bits per heavy atom. The maximum Gasteiger partial charge on any atom is -0.0314 e. The van der Waals surface area contributed by atoms with Gasteiger partial charge in [-0.1, -0.05) is 65.8 Å². The smallest absolute Gasteiger partial charge is 0.0314 e. The third-order valence-corrected chi connectivity index (χ3v) is 0.743. The Kier molecular flexibility index (Phi) is 59.1. The van der Waals surface area contributed by atoms with E-state index in [1.807, 2.05) is 13.8 Å². The minimum atomic E-state index is 0. The second-order valence-electron chi connectivity index (χ2n) is 1.92. The van der Waals surface area contributed by atoms with Gasteiger partial charge >= 0.3 is 0 Å². The Morgan fingerprint density at radius 3 is 1.42 bits per heavy atom. The van der Waals surface area contributed by atoms with Gasteiger partial charge < -0.3 is 0 Å². The molecule has 0 saturated heterocycles. The van der Waals surface area contributed by atoms with Crippen LogP contribution < -0.4 is 0 Å². The van der Waals surface area contributed by atoms with Crippen molar-refractivity contribution in [2.75, 3.05) is 0 Å². The molecule has 0 aromatic heterocycles. The molecule has 0 N–H and O–H groups in total. The Balaban J connectivity index is -0.0000000462. The quantitative estimate of drug-likeness (QED) is 0.533. The van der Waals surface area contributed by atoms with Gasteiger partial charge in [0, 0.05) is 0 Å². The number of hydrogen-bond acceptors (Lipinski definition) is 0. The minimum absolute atomic E-state index is 0. The third-order valence-electron chi connectivity index (χ3n) is 0.743. The fourth-order valence-corrected chi connectivity index (χ4v) is 0.144. The molecule has 0 radical (unpaired) electrons. The van der Waals surface area contributed by atoms with Gasteiger partial charge in [0.25, 0.3) is 0 Å². The molecule has 0 nitrogen and oxygen atoms in total. The molecular weight excluding hydrogens is 151 g/mol. The molecule has 0 heterocycles. The zero-order chi connectivity index (χ0) is 9.70. The van der Waals surface area contributed by atoms with Crippen molar-refractivity contribution >= 4 is 0 Å². The van der Waals surface area contributed by atoms with Crippen molar-refractivity contribution in [1.29, 1.82) is 0 Å². The molecule has 0 unspecified atom stereocenters. The predicted molar refractivity (Wildman–Crippen MR) is 59.4 cm³/mol. The van der Waals surface area contributed by atoms with Gasteiger partial charge in [0.15, 0.2) is 0 Å². The number of rotatable bonds is 2. The van der Waals surface area contributed by atoms with Crippen LogP contribution in [0, 0.1) is 0 Å². The summed E-state index contributed by atoms with van der Waals surface area (Å²) in [4.78, 5) is 0. The molecule has 0 aromatic carbocycles. The van der Waals surface area contributed by atoms with E-state index in [4.69, 9.17) is 0 Å². The number of halogens is 1. The maximum absolute atomic E-state index is 3.67. The Morgan fingerprint density at radius 1 is 1.17 bits per heavy atom. The Hall–Kier alpha value is -0.590. The minimum Gasteiger partial charge on any atom is -0.269 e. The van der Waals surface area contributed by atoms with Crippen LogP contribution in [-0.2, 0) is 0 Å². The van der Waals surface area contributed by atoms with Crippen LogP contribution in [0.4, 0.5) is 4.70 Å². The van der Waals surface area contributed by atoms with Gasteiger partial charge in [-0.05, 0) is 6.42 Å². The van der Waals surface area contributed by atoms with E-state index in [0.29, 0.717) is 0 Å². The van der Waals surface area contributed by atoms with E-state index < -0.39 is 0 Å². The Bertz CT molecular complexity index is 75.1. The molecular formula is C11H25F. The average Bonchev–Trinajstić information content (AvgIpc) is 2.08. The van der Waals surface area contributed by atoms with Crippen LogP contribution in [0.2, 0.25) is 0 Å². The zero-order valence-corrected chi connectivity index (χ0v) is 9.31. The van der Waals surface area contributed by atoms with E-state index in [-0.39, 0.29) is 4.70 Å². The molecule has 0 aliphatic heterocycles. The highest BCUT2D eigenvalue weighted by Gasteiger charge is 1.72. The highest BCUT2D eigenvalue weighted by Crippen LogP contribution is 1.93. The molecule has 12 heavy (non-hydrogen) atoms.